The fraction of sp³-hybridized carbons (Fsp3) is 0.364. The number of ether oxygens (including phenoxy) is 1. The van der Waals surface area contributed by atoms with E-state index in [2.05, 4.69) is 5.32 Å². The molecule has 0 saturated heterocycles. The third-order valence-electron chi connectivity index (χ3n) is 2.13. The number of nitrogens with one attached hydrogen (secondary N) is 1. The highest BCUT2D eigenvalue weighted by atomic mass is 16.5. The van der Waals surface area contributed by atoms with Gasteiger partial charge < -0.3 is 20.3 Å². The minimum Gasteiger partial charge on any atom is -0.497 e. The Kier molecular flexibility index (Phi) is 4.75. The predicted molar refractivity (Wildman–Crippen MR) is 58.4 cm³/mol. The van der Waals surface area contributed by atoms with Crippen LogP contribution in [0.1, 0.15) is 10.4 Å². The molecule has 1 rings (SSSR count). The summed E-state index contributed by atoms with van der Waals surface area (Å²) in [6.45, 7) is -0.587. The largest absolute Gasteiger partial charge is 0.497 e. The molecular formula is C11H15NO4. The molecule has 0 aliphatic rings. The molecule has 1 amide bonds. The summed E-state index contributed by atoms with van der Waals surface area (Å²) < 4.78 is 4.96. The molecule has 0 unspecified atom stereocenters. The molecule has 3 N–H and O–H groups in total. The number of methoxy groups -OCH3 is 1. The molecule has 0 radical (unpaired) electrons. The first-order valence-electron chi connectivity index (χ1n) is 4.88. The summed E-state index contributed by atoms with van der Waals surface area (Å²) >= 11 is 0. The van der Waals surface area contributed by atoms with Crippen LogP contribution in [0.15, 0.2) is 24.3 Å². The van der Waals surface area contributed by atoms with Crippen LogP contribution in [0.2, 0.25) is 0 Å². The highest BCUT2D eigenvalue weighted by Gasteiger charge is 2.11. The maximum absolute atomic E-state index is 11.6. The van der Waals surface area contributed by atoms with Crippen LogP contribution in [0.4, 0.5) is 0 Å². The van der Waals surface area contributed by atoms with Gasteiger partial charge in [-0.15, -0.1) is 0 Å². The molecule has 5 heteroatoms. The lowest BCUT2D eigenvalue weighted by molar-refractivity contribution is 0.0879. The van der Waals surface area contributed by atoms with Gasteiger partial charge in [0.1, 0.15) is 5.75 Å². The van der Waals surface area contributed by atoms with Crippen molar-refractivity contribution in [3.05, 3.63) is 29.8 Å². The van der Waals surface area contributed by atoms with Gasteiger partial charge in [-0.05, 0) is 24.3 Å². The maximum Gasteiger partial charge on any atom is 0.251 e. The van der Waals surface area contributed by atoms with E-state index in [1.807, 2.05) is 0 Å². The molecule has 1 aromatic rings. The molecule has 5 nitrogen and oxygen atoms in total. The second kappa shape index (κ2) is 6.09. The van der Waals surface area contributed by atoms with E-state index in [0.717, 1.165) is 0 Å². The minimum absolute atomic E-state index is 0.293. The second-order valence-electron chi connectivity index (χ2n) is 3.26. The van der Waals surface area contributed by atoms with E-state index in [0.29, 0.717) is 11.3 Å². The molecule has 0 aliphatic heterocycles. The molecule has 0 spiro atoms. The quantitative estimate of drug-likeness (QED) is 0.647. The average Bonchev–Trinajstić information content (AvgIpc) is 2.35. The molecule has 88 valence electrons. The standard InChI is InChI=1S/C11H15NO4/c1-16-10-4-2-8(3-5-10)11(15)12-9(6-13)7-14/h2-5,9,13-14H,6-7H2,1H3,(H,12,15). The Morgan fingerprint density at radius 3 is 2.31 bits per heavy atom. The normalized spacial score (nSPS) is 10.2. The Balaban J connectivity index is 2.65. The van der Waals surface area contributed by atoms with Gasteiger partial charge in [0.25, 0.3) is 5.91 Å². The van der Waals surface area contributed by atoms with Crippen molar-refractivity contribution in [1.82, 2.24) is 5.32 Å². The van der Waals surface area contributed by atoms with Crippen molar-refractivity contribution in [2.24, 2.45) is 0 Å². The topological polar surface area (TPSA) is 78.8 Å². The highest BCUT2D eigenvalue weighted by Crippen LogP contribution is 2.11. The van der Waals surface area contributed by atoms with E-state index in [1.165, 1.54) is 0 Å². The van der Waals surface area contributed by atoms with Gasteiger partial charge in [-0.25, -0.2) is 0 Å². The Morgan fingerprint density at radius 1 is 1.31 bits per heavy atom. The molecule has 0 heterocycles. The van der Waals surface area contributed by atoms with Crippen LogP contribution in [0, 0.1) is 0 Å². The second-order valence-corrected chi connectivity index (χ2v) is 3.26. The number of aliphatic hydroxyl groups excluding tert-OH is 2. The summed E-state index contributed by atoms with van der Waals surface area (Å²) in [5.74, 6) is 0.327. The maximum atomic E-state index is 11.6. The van der Waals surface area contributed by atoms with Crippen molar-refractivity contribution in [3.8, 4) is 5.75 Å². The summed E-state index contributed by atoms with van der Waals surface area (Å²) in [5, 5.41) is 20.1. The van der Waals surface area contributed by atoms with Crippen LogP contribution in [0.25, 0.3) is 0 Å². The van der Waals surface area contributed by atoms with Crippen LogP contribution in [0.5, 0.6) is 5.75 Å². The number of carbonyl (C=O) groups excluding carboxylic acids is 1. The fourth-order valence-corrected chi connectivity index (χ4v) is 1.16. The summed E-state index contributed by atoms with van der Waals surface area (Å²) in [6, 6.07) is 5.93. The Morgan fingerprint density at radius 2 is 1.88 bits per heavy atom. The van der Waals surface area contributed by atoms with Crippen LogP contribution in [-0.2, 0) is 0 Å². The first-order valence-corrected chi connectivity index (χ1v) is 4.88. The Bertz CT molecular complexity index is 332. The highest BCUT2D eigenvalue weighted by molar-refractivity contribution is 5.94. The summed E-state index contributed by atoms with van der Waals surface area (Å²) in [7, 11) is 1.54. The summed E-state index contributed by atoms with van der Waals surface area (Å²) in [5.41, 5.74) is 0.452. The number of aliphatic hydroxyl groups is 2. The van der Waals surface area contributed by atoms with Crippen LogP contribution in [-0.4, -0.2) is 42.5 Å². The predicted octanol–water partition coefficient (Wildman–Crippen LogP) is -0.222. The monoisotopic (exact) mass is 225 g/mol. The molecule has 0 aliphatic carbocycles. The van der Waals surface area contributed by atoms with Gasteiger partial charge in [-0.1, -0.05) is 0 Å². The zero-order valence-electron chi connectivity index (χ0n) is 9.01. The first kappa shape index (κ1) is 12.5. The van der Waals surface area contributed by atoms with E-state index < -0.39 is 6.04 Å². The fourth-order valence-electron chi connectivity index (χ4n) is 1.16. The van der Waals surface area contributed by atoms with E-state index in [9.17, 15) is 4.79 Å². The van der Waals surface area contributed by atoms with E-state index >= 15 is 0 Å². The zero-order chi connectivity index (χ0) is 12.0. The van der Waals surface area contributed by atoms with Crippen LogP contribution in [0.3, 0.4) is 0 Å². The number of rotatable bonds is 5. The van der Waals surface area contributed by atoms with E-state index in [4.69, 9.17) is 14.9 Å². The average molecular weight is 225 g/mol. The van der Waals surface area contributed by atoms with Crippen LogP contribution >= 0.6 is 0 Å². The third-order valence-corrected chi connectivity index (χ3v) is 2.13. The van der Waals surface area contributed by atoms with Gasteiger partial charge in [0.15, 0.2) is 0 Å². The first-order chi connectivity index (χ1) is 7.71. The van der Waals surface area contributed by atoms with Crippen molar-refractivity contribution in [2.45, 2.75) is 6.04 Å². The molecule has 0 bridgehead atoms. The molecule has 0 fully saturated rings. The van der Waals surface area contributed by atoms with Crippen LogP contribution < -0.4 is 10.1 Å². The SMILES string of the molecule is COc1ccc(C(=O)NC(CO)CO)cc1. The van der Waals surface area contributed by atoms with Crippen molar-refractivity contribution >= 4 is 5.91 Å². The Labute approximate surface area is 93.7 Å². The number of benzene rings is 1. The number of hydrogen-bond acceptors (Lipinski definition) is 4. The lowest BCUT2D eigenvalue weighted by Gasteiger charge is -2.13. The van der Waals surface area contributed by atoms with Gasteiger partial charge >= 0.3 is 0 Å². The molecule has 0 atom stereocenters. The van der Waals surface area contributed by atoms with Gasteiger partial charge in [-0.2, -0.15) is 0 Å². The molecule has 16 heavy (non-hydrogen) atoms. The van der Waals surface area contributed by atoms with E-state index in [-0.39, 0.29) is 19.1 Å². The lowest BCUT2D eigenvalue weighted by Crippen LogP contribution is -2.40. The zero-order valence-corrected chi connectivity index (χ0v) is 9.01. The van der Waals surface area contributed by atoms with Gasteiger partial charge in [0, 0.05) is 5.56 Å². The summed E-state index contributed by atoms with van der Waals surface area (Å²) in [4.78, 5) is 11.6. The minimum atomic E-state index is -0.630. The molecule has 1 aromatic carbocycles. The van der Waals surface area contributed by atoms with Crippen molar-refractivity contribution in [2.75, 3.05) is 20.3 Å². The smallest absolute Gasteiger partial charge is 0.251 e. The van der Waals surface area contributed by atoms with Crippen molar-refractivity contribution < 1.29 is 19.7 Å². The van der Waals surface area contributed by atoms with Gasteiger partial charge in [-0.3, -0.25) is 4.79 Å². The van der Waals surface area contributed by atoms with Gasteiger partial charge in [0.2, 0.25) is 0 Å². The molecular weight excluding hydrogens is 210 g/mol. The number of carbonyl (C=O) groups is 1. The lowest BCUT2D eigenvalue weighted by atomic mass is 10.2. The van der Waals surface area contributed by atoms with Gasteiger partial charge in [0.05, 0.1) is 26.4 Å². The number of hydrogen-bond donors (Lipinski definition) is 3. The molecule has 0 aromatic heterocycles. The number of amides is 1. The van der Waals surface area contributed by atoms with E-state index in [1.54, 1.807) is 31.4 Å². The molecule has 0 saturated carbocycles. The van der Waals surface area contributed by atoms with Crippen molar-refractivity contribution in [3.63, 3.8) is 0 Å². The Hall–Kier alpha value is -1.59. The third kappa shape index (κ3) is 3.22. The van der Waals surface area contributed by atoms with Crippen molar-refractivity contribution in [1.29, 1.82) is 0 Å². The summed E-state index contributed by atoms with van der Waals surface area (Å²) in [6.07, 6.45) is 0.